The molecule has 1 atom stereocenters. The lowest BCUT2D eigenvalue weighted by Crippen LogP contribution is -2.23. The lowest BCUT2D eigenvalue weighted by molar-refractivity contribution is -0.117. The summed E-state index contributed by atoms with van der Waals surface area (Å²) in [5.74, 6) is 0.128. The molecule has 0 unspecified atom stereocenters. The van der Waals surface area contributed by atoms with Gasteiger partial charge in [0.2, 0.25) is 11.9 Å². The van der Waals surface area contributed by atoms with E-state index in [1.54, 1.807) is 10.7 Å². The Morgan fingerprint density at radius 3 is 2.51 bits per heavy atom. The number of aryl methyl sites for hydroxylation is 2. The molecule has 176 valence electrons. The van der Waals surface area contributed by atoms with Crippen molar-refractivity contribution in [1.82, 2.24) is 29.5 Å². The first kappa shape index (κ1) is 22.3. The van der Waals surface area contributed by atoms with Gasteiger partial charge in [0, 0.05) is 6.07 Å². The zero-order valence-corrected chi connectivity index (χ0v) is 19.7. The van der Waals surface area contributed by atoms with Crippen LogP contribution in [0.5, 0.6) is 0 Å². The van der Waals surface area contributed by atoms with Crippen LogP contribution in [-0.4, -0.2) is 35.4 Å². The van der Waals surface area contributed by atoms with E-state index in [-0.39, 0.29) is 23.3 Å². The quantitative estimate of drug-likeness (QED) is 0.392. The fraction of sp³-hybridized carbons (Fsp3) is 0.192. The summed E-state index contributed by atoms with van der Waals surface area (Å²) in [4.78, 5) is 33.5. The van der Waals surface area contributed by atoms with Gasteiger partial charge in [-0.05, 0) is 38.0 Å². The molecular formula is C26H25N7O2. The number of amides is 1. The highest BCUT2D eigenvalue weighted by Gasteiger charge is 2.22. The molecule has 3 aromatic heterocycles. The highest BCUT2D eigenvalue weighted by atomic mass is 16.2. The van der Waals surface area contributed by atoms with Crippen LogP contribution < -0.4 is 10.9 Å². The molecule has 0 aliphatic rings. The van der Waals surface area contributed by atoms with Crippen LogP contribution in [0.25, 0.3) is 22.7 Å². The molecule has 5 rings (SSSR count). The SMILES string of the molecule is CC[C@H](C(=O)Nc1cc(C)nn1-c1nc2c(cnn2-c2ccc(C)cc2)c(=O)[nH]1)c1ccccc1. The second-order valence-corrected chi connectivity index (χ2v) is 8.46. The van der Waals surface area contributed by atoms with Crippen LogP contribution in [-0.2, 0) is 4.79 Å². The number of benzene rings is 2. The van der Waals surface area contributed by atoms with E-state index in [4.69, 9.17) is 0 Å². The highest BCUT2D eigenvalue weighted by molar-refractivity contribution is 5.95. The molecule has 0 radical (unpaired) electrons. The summed E-state index contributed by atoms with van der Waals surface area (Å²) in [5.41, 5.74) is 3.56. The molecule has 0 saturated heterocycles. The summed E-state index contributed by atoms with van der Waals surface area (Å²) in [7, 11) is 0. The Balaban J connectivity index is 1.55. The number of nitrogens with zero attached hydrogens (tertiary/aromatic N) is 5. The average Bonchev–Trinajstić information content (AvgIpc) is 3.44. The zero-order chi connectivity index (χ0) is 24.5. The van der Waals surface area contributed by atoms with Crippen molar-refractivity contribution in [3.63, 3.8) is 0 Å². The van der Waals surface area contributed by atoms with Crippen LogP contribution in [0.1, 0.15) is 36.1 Å². The Morgan fingerprint density at radius 1 is 1.06 bits per heavy atom. The topological polar surface area (TPSA) is 110 Å². The van der Waals surface area contributed by atoms with Crippen molar-refractivity contribution in [2.45, 2.75) is 33.1 Å². The van der Waals surface area contributed by atoms with Gasteiger partial charge in [0.25, 0.3) is 5.56 Å². The van der Waals surface area contributed by atoms with Gasteiger partial charge in [-0.1, -0.05) is 55.0 Å². The third-order valence-electron chi connectivity index (χ3n) is 5.91. The Labute approximate surface area is 201 Å². The number of aromatic amines is 1. The van der Waals surface area contributed by atoms with Crippen molar-refractivity contribution < 1.29 is 4.79 Å². The third kappa shape index (κ3) is 4.23. The fourth-order valence-corrected chi connectivity index (χ4v) is 4.10. The summed E-state index contributed by atoms with van der Waals surface area (Å²) >= 11 is 0. The summed E-state index contributed by atoms with van der Waals surface area (Å²) in [6, 6.07) is 19.2. The van der Waals surface area contributed by atoms with Gasteiger partial charge in [-0.2, -0.15) is 19.9 Å². The van der Waals surface area contributed by atoms with Crippen molar-refractivity contribution in [2.24, 2.45) is 0 Å². The number of rotatable bonds is 6. The van der Waals surface area contributed by atoms with Gasteiger partial charge in [-0.25, -0.2) is 4.68 Å². The maximum absolute atomic E-state index is 13.2. The lowest BCUT2D eigenvalue weighted by atomic mass is 9.96. The van der Waals surface area contributed by atoms with E-state index in [9.17, 15) is 9.59 Å². The van der Waals surface area contributed by atoms with Gasteiger partial charge in [0.15, 0.2) is 5.65 Å². The van der Waals surface area contributed by atoms with Crippen molar-refractivity contribution in [3.8, 4) is 11.6 Å². The van der Waals surface area contributed by atoms with Crippen molar-refractivity contribution in [1.29, 1.82) is 0 Å². The average molecular weight is 468 g/mol. The molecule has 2 N–H and O–H groups in total. The van der Waals surface area contributed by atoms with Gasteiger partial charge in [-0.3, -0.25) is 14.6 Å². The van der Waals surface area contributed by atoms with Crippen LogP contribution in [0.15, 0.2) is 71.7 Å². The molecule has 0 aliphatic heterocycles. The molecule has 1 amide bonds. The summed E-state index contributed by atoms with van der Waals surface area (Å²) < 4.78 is 3.06. The van der Waals surface area contributed by atoms with E-state index in [0.717, 1.165) is 16.8 Å². The van der Waals surface area contributed by atoms with Gasteiger partial charge in [0.05, 0.1) is 23.5 Å². The minimum Gasteiger partial charge on any atom is -0.310 e. The number of anilines is 1. The van der Waals surface area contributed by atoms with Gasteiger partial charge < -0.3 is 5.32 Å². The number of aromatic nitrogens is 6. The molecule has 9 nitrogen and oxygen atoms in total. The summed E-state index contributed by atoms with van der Waals surface area (Å²) in [5, 5.41) is 12.2. The predicted molar refractivity (Wildman–Crippen MR) is 134 cm³/mol. The van der Waals surface area contributed by atoms with Crippen LogP contribution in [0, 0.1) is 13.8 Å². The highest BCUT2D eigenvalue weighted by Crippen LogP contribution is 2.23. The molecule has 0 spiro atoms. The molecule has 5 aromatic rings. The predicted octanol–water partition coefficient (Wildman–Crippen LogP) is 4.04. The number of hydrogen-bond acceptors (Lipinski definition) is 5. The molecule has 35 heavy (non-hydrogen) atoms. The van der Waals surface area contributed by atoms with E-state index >= 15 is 0 Å². The first-order valence-electron chi connectivity index (χ1n) is 11.4. The Morgan fingerprint density at radius 2 is 1.80 bits per heavy atom. The van der Waals surface area contributed by atoms with E-state index < -0.39 is 0 Å². The molecular weight excluding hydrogens is 442 g/mol. The van der Waals surface area contributed by atoms with Crippen LogP contribution in [0.3, 0.4) is 0 Å². The minimum absolute atomic E-state index is 0.159. The smallest absolute Gasteiger partial charge is 0.263 e. The fourth-order valence-electron chi connectivity index (χ4n) is 4.10. The summed E-state index contributed by atoms with van der Waals surface area (Å²) in [6.07, 6.45) is 2.13. The largest absolute Gasteiger partial charge is 0.310 e. The number of hydrogen-bond donors (Lipinski definition) is 2. The first-order valence-corrected chi connectivity index (χ1v) is 11.4. The number of carbonyl (C=O) groups is 1. The summed E-state index contributed by atoms with van der Waals surface area (Å²) in [6.45, 7) is 5.79. The molecule has 0 aliphatic carbocycles. The Kier molecular flexibility index (Phi) is 5.74. The zero-order valence-electron chi connectivity index (χ0n) is 19.7. The van der Waals surface area contributed by atoms with E-state index in [0.29, 0.717) is 29.0 Å². The number of H-pyrrole nitrogens is 1. The van der Waals surface area contributed by atoms with Crippen molar-refractivity contribution >= 4 is 22.8 Å². The molecule has 9 heteroatoms. The van der Waals surface area contributed by atoms with E-state index in [2.05, 4.69) is 25.5 Å². The molecule has 0 fully saturated rings. The number of fused-ring (bicyclic) bond motifs is 1. The van der Waals surface area contributed by atoms with Gasteiger partial charge in [0.1, 0.15) is 11.2 Å². The second-order valence-electron chi connectivity index (χ2n) is 8.46. The third-order valence-corrected chi connectivity index (χ3v) is 5.91. The Hall–Kier alpha value is -4.53. The maximum Gasteiger partial charge on any atom is 0.263 e. The molecule has 2 aromatic carbocycles. The molecule has 3 heterocycles. The van der Waals surface area contributed by atoms with Crippen molar-refractivity contribution in [3.05, 3.63) is 94.0 Å². The Bertz CT molecular complexity index is 1560. The van der Waals surface area contributed by atoms with Crippen LogP contribution in [0.2, 0.25) is 0 Å². The normalized spacial score (nSPS) is 12.1. The number of carbonyl (C=O) groups excluding carboxylic acids is 1. The standard InChI is InChI=1S/C26H25N7O2/c1-4-20(18-8-6-5-7-9-18)24(34)28-22-14-17(3)31-33(22)26-29-23-21(25(35)30-26)15-27-32(23)19-12-10-16(2)11-13-19/h5-15,20H,4H2,1-3H3,(H,28,34)(H,29,30,35)/t20-/m0/s1. The van der Waals surface area contributed by atoms with Crippen molar-refractivity contribution in [2.75, 3.05) is 5.32 Å². The molecule has 0 saturated carbocycles. The van der Waals surface area contributed by atoms with Crippen LogP contribution in [0.4, 0.5) is 5.82 Å². The van der Waals surface area contributed by atoms with Crippen LogP contribution >= 0.6 is 0 Å². The van der Waals surface area contributed by atoms with E-state index in [1.807, 2.05) is 75.4 Å². The number of nitrogens with one attached hydrogen (secondary N) is 2. The molecule has 0 bridgehead atoms. The van der Waals surface area contributed by atoms with Gasteiger partial charge in [-0.15, -0.1) is 0 Å². The monoisotopic (exact) mass is 467 g/mol. The first-order chi connectivity index (χ1) is 16.9. The maximum atomic E-state index is 13.2. The second kappa shape index (κ2) is 9.02. The lowest BCUT2D eigenvalue weighted by Gasteiger charge is -2.16. The van der Waals surface area contributed by atoms with E-state index in [1.165, 1.54) is 10.9 Å². The minimum atomic E-state index is -0.343. The van der Waals surface area contributed by atoms with Gasteiger partial charge >= 0.3 is 0 Å².